The highest BCUT2D eigenvalue weighted by atomic mass is 16.5. The number of methoxy groups -OCH3 is 1. The van der Waals surface area contributed by atoms with Crippen LogP contribution in [0.4, 0.5) is 11.8 Å². The third kappa shape index (κ3) is 6.81. The van der Waals surface area contributed by atoms with Gasteiger partial charge in [-0.25, -0.2) is 4.98 Å². The number of hydrogen-bond donors (Lipinski definition) is 1. The smallest absolute Gasteiger partial charge is 0.305 e. The van der Waals surface area contributed by atoms with Crippen LogP contribution in [-0.4, -0.2) is 90.1 Å². The second-order valence-electron chi connectivity index (χ2n) is 9.83. The van der Waals surface area contributed by atoms with Crippen LogP contribution in [0, 0.1) is 0 Å². The molecule has 4 rings (SSSR count). The molecule has 188 valence electrons. The zero-order valence-corrected chi connectivity index (χ0v) is 20.6. The van der Waals surface area contributed by atoms with Crippen molar-refractivity contribution >= 4 is 23.6 Å². The molecule has 1 aromatic rings. The molecule has 34 heavy (non-hydrogen) atoms. The molecule has 9 heteroatoms. The first-order valence-corrected chi connectivity index (χ1v) is 13.1. The summed E-state index contributed by atoms with van der Waals surface area (Å²) in [6, 6.07) is 2.75. The van der Waals surface area contributed by atoms with Gasteiger partial charge in [0.15, 0.2) is 0 Å². The Morgan fingerprint density at radius 3 is 2.65 bits per heavy atom. The van der Waals surface area contributed by atoms with Gasteiger partial charge >= 0.3 is 5.97 Å². The highest BCUT2D eigenvalue weighted by molar-refractivity contribution is 5.77. The zero-order valence-electron chi connectivity index (χ0n) is 20.6. The van der Waals surface area contributed by atoms with E-state index in [1.54, 1.807) is 0 Å². The molecule has 0 aromatic carbocycles. The van der Waals surface area contributed by atoms with Crippen molar-refractivity contribution in [2.45, 2.75) is 76.3 Å². The number of aromatic nitrogens is 2. The molecule has 1 amide bonds. The van der Waals surface area contributed by atoms with Crippen LogP contribution in [0.3, 0.4) is 0 Å². The van der Waals surface area contributed by atoms with Crippen molar-refractivity contribution in [3.05, 3.63) is 12.3 Å². The number of rotatable bonds is 8. The lowest BCUT2D eigenvalue weighted by molar-refractivity contribution is -0.141. The largest absolute Gasteiger partial charge is 0.469 e. The molecule has 3 aliphatic heterocycles. The topological polar surface area (TPSA) is 90.9 Å². The molecule has 3 saturated heterocycles. The Morgan fingerprint density at radius 2 is 1.85 bits per heavy atom. The minimum absolute atomic E-state index is 0.154. The Morgan fingerprint density at radius 1 is 1.03 bits per heavy atom. The fraction of sp³-hybridized carbons (Fsp3) is 0.760. The second kappa shape index (κ2) is 12.3. The molecule has 0 aliphatic carbocycles. The van der Waals surface area contributed by atoms with Crippen molar-refractivity contribution in [3.8, 4) is 0 Å². The van der Waals surface area contributed by atoms with Crippen LogP contribution in [0.15, 0.2) is 12.3 Å². The van der Waals surface area contributed by atoms with Crippen molar-refractivity contribution in [2.75, 3.05) is 56.6 Å². The molecule has 0 bridgehead atoms. The summed E-state index contributed by atoms with van der Waals surface area (Å²) >= 11 is 0. The Bertz CT molecular complexity index is 814. The molecule has 4 heterocycles. The molecule has 9 nitrogen and oxygen atoms in total. The number of ether oxygens (including phenoxy) is 1. The Kier molecular flexibility index (Phi) is 8.96. The van der Waals surface area contributed by atoms with Gasteiger partial charge in [0.1, 0.15) is 5.82 Å². The number of carbonyl (C=O) groups excluding carboxylic acids is 2. The molecule has 0 spiro atoms. The fourth-order valence-corrected chi connectivity index (χ4v) is 5.44. The third-order valence-electron chi connectivity index (χ3n) is 7.39. The van der Waals surface area contributed by atoms with Gasteiger partial charge in [-0.2, -0.15) is 4.98 Å². The molecule has 0 saturated carbocycles. The van der Waals surface area contributed by atoms with Crippen LogP contribution in [0.1, 0.15) is 64.2 Å². The number of carbonyl (C=O) groups is 2. The molecule has 1 aromatic heterocycles. The van der Waals surface area contributed by atoms with Gasteiger partial charge in [-0.15, -0.1) is 0 Å². The minimum atomic E-state index is -0.249. The van der Waals surface area contributed by atoms with Crippen LogP contribution in [0.5, 0.6) is 0 Å². The summed E-state index contributed by atoms with van der Waals surface area (Å²) in [6.07, 6.45) is 11.4. The summed E-state index contributed by atoms with van der Waals surface area (Å²) in [7, 11) is 1.39. The van der Waals surface area contributed by atoms with Crippen molar-refractivity contribution in [1.82, 2.24) is 19.8 Å². The van der Waals surface area contributed by atoms with Crippen molar-refractivity contribution in [1.29, 1.82) is 0 Å². The Balaban J connectivity index is 1.25. The average molecular weight is 473 g/mol. The Hall–Kier alpha value is -2.42. The van der Waals surface area contributed by atoms with Crippen molar-refractivity contribution in [2.24, 2.45) is 0 Å². The van der Waals surface area contributed by atoms with Gasteiger partial charge in [-0.05, 0) is 44.6 Å². The van der Waals surface area contributed by atoms with E-state index in [0.29, 0.717) is 31.3 Å². The molecule has 0 radical (unpaired) electrons. The van der Waals surface area contributed by atoms with Crippen molar-refractivity contribution < 1.29 is 14.3 Å². The number of likely N-dealkylation sites (tertiary alicyclic amines) is 2. The first kappa shape index (κ1) is 24.7. The summed E-state index contributed by atoms with van der Waals surface area (Å²) in [6.45, 7) is 5.73. The van der Waals surface area contributed by atoms with Crippen LogP contribution in [-0.2, 0) is 14.3 Å². The van der Waals surface area contributed by atoms with Gasteiger partial charge in [0.2, 0.25) is 11.9 Å². The maximum absolute atomic E-state index is 12.6. The molecular formula is C25H40N6O3. The van der Waals surface area contributed by atoms with Gasteiger partial charge in [0, 0.05) is 70.4 Å². The number of hydrogen-bond acceptors (Lipinski definition) is 8. The van der Waals surface area contributed by atoms with Crippen LogP contribution >= 0.6 is 0 Å². The third-order valence-corrected chi connectivity index (χ3v) is 7.39. The van der Waals surface area contributed by atoms with Gasteiger partial charge < -0.3 is 19.9 Å². The summed E-state index contributed by atoms with van der Waals surface area (Å²) in [4.78, 5) is 40.1. The number of anilines is 2. The first-order valence-electron chi connectivity index (χ1n) is 13.1. The SMILES string of the molecule is COC(=O)CCCC(=O)N1CCCC(N2CCC(Nc3nccc(N4CCCCCC4)n3)C2)C1. The van der Waals surface area contributed by atoms with E-state index in [0.717, 1.165) is 70.3 Å². The van der Waals surface area contributed by atoms with Crippen LogP contribution in [0.2, 0.25) is 0 Å². The maximum Gasteiger partial charge on any atom is 0.305 e. The van der Waals surface area contributed by atoms with Crippen LogP contribution in [0.25, 0.3) is 0 Å². The van der Waals surface area contributed by atoms with Gasteiger partial charge in [0.25, 0.3) is 0 Å². The normalized spacial score (nSPS) is 24.0. The quantitative estimate of drug-likeness (QED) is 0.578. The summed E-state index contributed by atoms with van der Waals surface area (Å²) in [5, 5.41) is 3.57. The molecular weight excluding hydrogens is 432 g/mol. The summed E-state index contributed by atoms with van der Waals surface area (Å²) < 4.78 is 4.67. The maximum atomic E-state index is 12.6. The zero-order chi connectivity index (χ0) is 23.8. The summed E-state index contributed by atoms with van der Waals surface area (Å²) in [5.74, 6) is 1.66. The number of piperidine rings is 1. The number of nitrogens with zero attached hydrogens (tertiary/aromatic N) is 5. The average Bonchev–Trinajstić information content (AvgIpc) is 3.15. The standard InChI is InChI=1S/C25H40N6O3/c1-34-24(33)10-6-9-23(32)31-16-7-8-21(19-31)30-17-12-20(18-30)27-25-26-13-11-22(28-25)29-14-4-2-3-5-15-29/h11,13,20-21H,2-10,12,14-19H2,1H3,(H,26,27,28). The minimum Gasteiger partial charge on any atom is -0.469 e. The van der Waals surface area contributed by atoms with E-state index in [9.17, 15) is 9.59 Å². The van der Waals surface area contributed by atoms with E-state index in [1.807, 2.05) is 17.2 Å². The predicted molar refractivity (Wildman–Crippen MR) is 132 cm³/mol. The first-order chi connectivity index (χ1) is 16.6. The highest BCUT2D eigenvalue weighted by Crippen LogP contribution is 2.24. The number of amides is 1. The van der Waals surface area contributed by atoms with E-state index < -0.39 is 0 Å². The Labute approximate surface area is 203 Å². The van der Waals surface area contributed by atoms with E-state index >= 15 is 0 Å². The number of esters is 1. The summed E-state index contributed by atoms with van der Waals surface area (Å²) in [5.41, 5.74) is 0. The van der Waals surface area contributed by atoms with E-state index in [4.69, 9.17) is 4.98 Å². The van der Waals surface area contributed by atoms with Gasteiger partial charge in [0.05, 0.1) is 7.11 Å². The second-order valence-corrected chi connectivity index (χ2v) is 9.83. The molecule has 1 N–H and O–H groups in total. The molecule has 2 unspecified atom stereocenters. The molecule has 3 aliphatic rings. The predicted octanol–water partition coefficient (Wildman–Crippen LogP) is 2.68. The highest BCUT2D eigenvalue weighted by Gasteiger charge is 2.32. The lowest BCUT2D eigenvalue weighted by atomic mass is 10.0. The van der Waals surface area contributed by atoms with Gasteiger partial charge in [-0.3, -0.25) is 14.5 Å². The van der Waals surface area contributed by atoms with Crippen LogP contribution < -0.4 is 10.2 Å². The monoisotopic (exact) mass is 472 g/mol. The van der Waals surface area contributed by atoms with E-state index in [-0.39, 0.29) is 11.9 Å². The number of nitrogens with one attached hydrogen (secondary N) is 1. The lowest BCUT2D eigenvalue weighted by Gasteiger charge is -2.37. The van der Waals surface area contributed by atoms with E-state index in [2.05, 4.69) is 24.8 Å². The van der Waals surface area contributed by atoms with E-state index in [1.165, 1.54) is 32.8 Å². The molecule has 2 atom stereocenters. The van der Waals surface area contributed by atoms with Crippen molar-refractivity contribution in [3.63, 3.8) is 0 Å². The lowest BCUT2D eigenvalue weighted by Crippen LogP contribution is -2.49. The van der Waals surface area contributed by atoms with Gasteiger partial charge in [-0.1, -0.05) is 12.8 Å². The fourth-order valence-electron chi connectivity index (χ4n) is 5.44. The molecule has 3 fully saturated rings.